The van der Waals surface area contributed by atoms with Gasteiger partial charge in [0.1, 0.15) is 21.6 Å². The molecular weight excluding hydrogens is 666 g/mol. The van der Waals surface area contributed by atoms with E-state index in [-0.39, 0.29) is 4.90 Å². The standard InChI is InChI=1S/C35H38BrN5O4S/c1-26-10-6-7-13-33(26)46(42,43)41-31-24-37-34(36)23-29(31)35(38-41)28-14-15-30(40-18-16-39(2)17-19-40)32(22-28)45-21-9-8-20-44-25-27-11-4-3-5-12-27/h3-7,10-15,22-24H,8-9,16-21,25H2,1-2H3. The number of halogens is 1. The fraction of sp³-hybridized carbons (Fsp3) is 0.314. The van der Waals surface area contributed by atoms with E-state index in [2.05, 4.69) is 56.0 Å². The van der Waals surface area contributed by atoms with E-state index in [0.717, 1.165) is 65.7 Å². The quantitative estimate of drug-likeness (QED) is 0.107. The van der Waals surface area contributed by atoms with E-state index < -0.39 is 10.0 Å². The Balaban J connectivity index is 1.28. The van der Waals surface area contributed by atoms with Crippen LogP contribution in [0.1, 0.15) is 24.0 Å². The maximum absolute atomic E-state index is 13.9. The molecule has 0 unspecified atom stereocenters. The number of benzene rings is 3. The van der Waals surface area contributed by atoms with Gasteiger partial charge in [0, 0.05) is 43.7 Å². The van der Waals surface area contributed by atoms with E-state index in [1.54, 1.807) is 31.3 Å². The van der Waals surface area contributed by atoms with E-state index >= 15 is 0 Å². The average molecular weight is 705 g/mol. The number of likely N-dealkylation sites (N-methyl/N-ethyl adjacent to an activating group) is 1. The van der Waals surface area contributed by atoms with Crippen LogP contribution in [0.4, 0.5) is 5.69 Å². The van der Waals surface area contributed by atoms with Gasteiger partial charge in [-0.25, -0.2) is 4.98 Å². The lowest BCUT2D eigenvalue weighted by Crippen LogP contribution is -2.44. The number of nitrogens with zero attached hydrogens (tertiary/aromatic N) is 5. The minimum Gasteiger partial charge on any atom is -0.491 e. The van der Waals surface area contributed by atoms with Crippen LogP contribution in [0.15, 0.2) is 94.6 Å². The summed E-state index contributed by atoms with van der Waals surface area (Å²) >= 11 is 3.47. The van der Waals surface area contributed by atoms with E-state index in [1.165, 1.54) is 0 Å². The number of ether oxygens (including phenoxy) is 2. The number of aromatic nitrogens is 3. The summed E-state index contributed by atoms with van der Waals surface area (Å²) in [7, 11) is -1.85. The number of hydrogen-bond donors (Lipinski definition) is 0. The van der Waals surface area contributed by atoms with Crippen LogP contribution in [0.5, 0.6) is 5.75 Å². The Kier molecular flexibility index (Phi) is 10.0. The zero-order valence-electron chi connectivity index (χ0n) is 26.1. The predicted molar refractivity (Wildman–Crippen MR) is 185 cm³/mol. The molecule has 0 spiro atoms. The Morgan fingerprint density at radius 3 is 2.41 bits per heavy atom. The largest absolute Gasteiger partial charge is 0.491 e. The molecule has 240 valence electrons. The number of hydrogen-bond acceptors (Lipinski definition) is 8. The summed E-state index contributed by atoms with van der Waals surface area (Å²) in [6, 6.07) is 25.0. The minimum atomic E-state index is -3.99. The summed E-state index contributed by atoms with van der Waals surface area (Å²) in [6.07, 6.45) is 3.26. The highest BCUT2D eigenvalue weighted by Crippen LogP contribution is 2.37. The molecule has 11 heteroatoms. The van der Waals surface area contributed by atoms with Crippen LogP contribution in [0, 0.1) is 6.92 Å². The molecule has 1 aliphatic rings. The van der Waals surface area contributed by atoms with Gasteiger partial charge in [-0.15, -0.1) is 0 Å². The average Bonchev–Trinajstić information content (AvgIpc) is 3.45. The summed E-state index contributed by atoms with van der Waals surface area (Å²) in [6.45, 7) is 7.29. The number of rotatable bonds is 12. The monoisotopic (exact) mass is 703 g/mol. The van der Waals surface area contributed by atoms with Gasteiger partial charge in [0.25, 0.3) is 10.0 Å². The van der Waals surface area contributed by atoms with Crippen LogP contribution < -0.4 is 9.64 Å². The fourth-order valence-corrected chi connectivity index (χ4v) is 7.47. The Morgan fingerprint density at radius 1 is 0.891 bits per heavy atom. The van der Waals surface area contributed by atoms with Crippen molar-refractivity contribution in [2.75, 3.05) is 51.3 Å². The third kappa shape index (κ3) is 7.12. The van der Waals surface area contributed by atoms with Crippen molar-refractivity contribution in [2.24, 2.45) is 0 Å². The Hall–Kier alpha value is -3.77. The number of pyridine rings is 1. The van der Waals surface area contributed by atoms with Gasteiger partial charge >= 0.3 is 0 Å². The Bertz CT molecular complexity index is 1910. The van der Waals surface area contributed by atoms with Crippen LogP contribution in [0.25, 0.3) is 22.2 Å². The zero-order chi connectivity index (χ0) is 32.1. The first-order valence-corrected chi connectivity index (χ1v) is 17.7. The van der Waals surface area contributed by atoms with Gasteiger partial charge in [-0.1, -0.05) is 54.6 Å². The number of unbranched alkanes of at least 4 members (excludes halogenated alkanes) is 1. The van der Waals surface area contributed by atoms with Crippen LogP contribution in [-0.2, 0) is 21.4 Å². The highest BCUT2D eigenvalue weighted by atomic mass is 79.9. The zero-order valence-corrected chi connectivity index (χ0v) is 28.5. The normalized spacial score (nSPS) is 14.2. The van der Waals surface area contributed by atoms with Gasteiger partial charge in [0.2, 0.25) is 0 Å². The molecule has 2 aromatic heterocycles. The van der Waals surface area contributed by atoms with Gasteiger partial charge in [-0.05, 0) is 78.1 Å². The molecule has 0 saturated carbocycles. The molecule has 6 rings (SSSR count). The molecule has 3 aromatic carbocycles. The van der Waals surface area contributed by atoms with Crippen molar-refractivity contribution in [1.29, 1.82) is 0 Å². The van der Waals surface area contributed by atoms with E-state index in [1.807, 2.05) is 42.5 Å². The molecule has 1 saturated heterocycles. The molecule has 0 bridgehead atoms. The molecule has 1 aliphatic heterocycles. The molecule has 0 N–H and O–H groups in total. The molecule has 46 heavy (non-hydrogen) atoms. The molecule has 0 atom stereocenters. The maximum atomic E-state index is 13.9. The lowest BCUT2D eigenvalue weighted by atomic mass is 10.1. The SMILES string of the molecule is Cc1ccccc1S(=O)(=O)n1nc(-c2ccc(N3CCN(C)CC3)c(OCCCCOCc3ccccc3)c2)c2cc(Br)ncc21. The van der Waals surface area contributed by atoms with Crippen molar-refractivity contribution in [1.82, 2.24) is 19.1 Å². The third-order valence-corrected chi connectivity index (χ3v) is 10.4. The van der Waals surface area contributed by atoms with E-state index in [0.29, 0.717) is 46.6 Å². The van der Waals surface area contributed by atoms with Gasteiger partial charge in [-0.3, -0.25) is 0 Å². The number of fused-ring (bicyclic) bond motifs is 1. The fourth-order valence-electron chi connectivity index (χ4n) is 5.64. The van der Waals surface area contributed by atoms with Crippen molar-refractivity contribution in [3.8, 4) is 17.0 Å². The van der Waals surface area contributed by atoms with Crippen LogP contribution >= 0.6 is 15.9 Å². The molecule has 9 nitrogen and oxygen atoms in total. The Labute approximate surface area is 278 Å². The molecule has 1 fully saturated rings. The lowest BCUT2D eigenvalue weighted by Gasteiger charge is -2.35. The van der Waals surface area contributed by atoms with Gasteiger partial charge in [-0.2, -0.15) is 17.6 Å². The first kappa shape index (κ1) is 32.2. The highest BCUT2D eigenvalue weighted by molar-refractivity contribution is 9.10. The summed E-state index contributed by atoms with van der Waals surface area (Å²) in [5, 5.41) is 5.39. The lowest BCUT2D eigenvalue weighted by molar-refractivity contribution is 0.113. The molecule has 3 heterocycles. The van der Waals surface area contributed by atoms with Crippen molar-refractivity contribution in [3.63, 3.8) is 0 Å². The molecule has 5 aromatic rings. The smallest absolute Gasteiger partial charge is 0.283 e. The molecule has 0 radical (unpaired) electrons. The topological polar surface area (TPSA) is 89.8 Å². The van der Waals surface area contributed by atoms with Gasteiger partial charge in [0.05, 0.1) is 30.0 Å². The molecular formula is C35H38BrN5O4S. The predicted octanol–water partition coefficient (Wildman–Crippen LogP) is 6.53. The maximum Gasteiger partial charge on any atom is 0.283 e. The van der Waals surface area contributed by atoms with Crippen molar-refractivity contribution < 1.29 is 17.9 Å². The first-order chi connectivity index (χ1) is 22.3. The number of piperazine rings is 1. The second kappa shape index (κ2) is 14.3. The first-order valence-electron chi connectivity index (χ1n) is 15.5. The van der Waals surface area contributed by atoms with Crippen molar-refractivity contribution in [2.45, 2.75) is 31.3 Å². The van der Waals surface area contributed by atoms with Crippen LogP contribution in [0.3, 0.4) is 0 Å². The Morgan fingerprint density at radius 2 is 1.63 bits per heavy atom. The van der Waals surface area contributed by atoms with E-state index in [4.69, 9.17) is 14.6 Å². The second-order valence-electron chi connectivity index (χ2n) is 11.6. The second-order valence-corrected chi connectivity index (χ2v) is 14.1. The number of anilines is 1. The minimum absolute atomic E-state index is 0.205. The van der Waals surface area contributed by atoms with Crippen LogP contribution in [-0.4, -0.2) is 73.9 Å². The summed E-state index contributed by atoms with van der Waals surface area (Å²) in [5.74, 6) is 0.754. The summed E-state index contributed by atoms with van der Waals surface area (Å²) in [4.78, 5) is 9.21. The molecule has 0 amide bonds. The van der Waals surface area contributed by atoms with Crippen molar-refractivity contribution in [3.05, 3.63) is 101 Å². The van der Waals surface area contributed by atoms with Crippen molar-refractivity contribution >= 4 is 42.5 Å². The van der Waals surface area contributed by atoms with Gasteiger partial charge in [0.15, 0.2) is 0 Å². The third-order valence-electron chi connectivity index (χ3n) is 8.23. The van der Waals surface area contributed by atoms with Gasteiger partial charge < -0.3 is 19.3 Å². The van der Waals surface area contributed by atoms with E-state index in [9.17, 15) is 8.42 Å². The van der Waals surface area contributed by atoms with Crippen LogP contribution in [0.2, 0.25) is 0 Å². The summed E-state index contributed by atoms with van der Waals surface area (Å²) < 4.78 is 41.8. The summed E-state index contributed by atoms with van der Waals surface area (Å²) in [5.41, 5.74) is 4.55. The molecule has 0 aliphatic carbocycles. The number of aryl methyl sites for hydroxylation is 1. The highest BCUT2D eigenvalue weighted by Gasteiger charge is 2.26.